The normalized spacial score (nSPS) is 19.9. The predicted octanol–water partition coefficient (Wildman–Crippen LogP) is 3.25. The molecule has 7 heteroatoms. The van der Waals surface area contributed by atoms with Crippen LogP contribution in [0.15, 0.2) is 30.3 Å². The maximum atomic E-state index is 13.4. The van der Waals surface area contributed by atoms with E-state index in [0.717, 1.165) is 54.4 Å². The first-order valence-corrected chi connectivity index (χ1v) is 10.9. The Balaban J connectivity index is 1.27. The molecule has 3 aliphatic rings. The van der Waals surface area contributed by atoms with Gasteiger partial charge < -0.3 is 14.8 Å². The van der Waals surface area contributed by atoms with E-state index in [-0.39, 0.29) is 17.4 Å². The summed E-state index contributed by atoms with van der Waals surface area (Å²) in [5.74, 6) is 0.0222. The Bertz CT molecular complexity index is 1120. The third-order valence-corrected chi connectivity index (χ3v) is 7.10. The Morgan fingerprint density at radius 3 is 2.73 bits per heavy atom. The topological polar surface area (TPSA) is 85.1 Å². The van der Waals surface area contributed by atoms with Crippen LogP contribution in [0.25, 0.3) is 10.9 Å². The lowest BCUT2D eigenvalue weighted by Gasteiger charge is -2.36. The molecule has 1 saturated heterocycles. The molecule has 0 bridgehead atoms. The summed E-state index contributed by atoms with van der Waals surface area (Å²) in [5, 5.41) is 8.46. The van der Waals surface area contributed by atoms with E-state index in [4.69, 9.17) is 0 Å². The number of para-hydroxylation sites is 1. The molecule has 2 aromatic heterocycles. The van der Waals surface area contributed by atoms with Crippen LogP contribution in [0.1, 0.15) is 64.3 Å². The summed E-state index contributed by atoms with van der Waals surface area (Å²) in [7, 11) is 0. The summed E-state index contributed by atoms with van der Waals surface area (Å²) in [5.41, 5.74) is 4.01. The largest absolute Gasteiger partial charge is 0.351 e. The van der Waals surface area contributed by atoms with Crippen LogP contribution in [-0.2, 0) is 13.0 Å². The maximum Gasteiger partial charge on any atom is 0.272 e. The first-order valence-electron chi connectivity index (χ1n) is 10.9. The molecule has 0 atom stereocenters. The average molecular weight is 403 g/mol. The molecule has 1 spiro atoms. The van der Waals surface area contributed by atoms with Gasteiger partial charge in [-0.25, -0.2) is 0 Å². The molecular weight excluding hydrogens is 378 g/mol. The molecule has 2 aliphatic heterocycles. The van der Waals surface area contributed by atoms with Gasteiger partial charge in [0.25, 0.3) is 11.8 Å². The van der Waals surface area contributed by atoms with Crippen LogP contribution in [0.3, 0.4) is 0 Å². The molecule has 1 aliphatic carbocycles. The van der Waals surface area contributed by atoms with Crippen molar-refractivity contribution in [3.63, 3.8) is 0 Å². The molecule has 1 aromatic carbocycles. The van der Waals surface area contributed by atoms with Crippen molar-refractivity contribution in [2.75, 3.05) is 13.1 Å². The van der Waals surface area contributed by atoms with Crippen molar-refractivity contribution < 1.29 is 9.59 Å². The standard InChI is InChI=1S/C23H25N5O2/c29-21(19-13-15-5-1-2-6-17(15)24-19)27-12-7-18-16(14-27)20(26-25-18)22(30)28-11-4-3-8-23(28)9-10-23/h1-2,5-6,13,24H,3-4,7-12,14H2,(H,25,26). The number of carbonyl (C=O) groups excluding carboxylic acids is 2. The quantitative estimate of drug-likeness (QED) is 0.689. The number of rotatable bonds is 2. The van der Waals surface area contributed by atoms with Gasteiger partial charge in [0, 0.05) is 41.5 Å². The monoisotopic (exact) mass is 403 g/mol. The maximum absolute atomic E-state index is 13.4. The second-order valence-corrected chi connectivity index (χ2v) is 8.91. The number of hydrogen-bond acceptors (Lipinski definition) is 3. The molecular formula is C23H25N5O2. The van der Waals surface area contributed by atoms with Crippen LogP contribution in [0, 0.1) is 0 Å². The summed E-state index contributed by atoms with van der Waals surface area (Å²) >= 11 is 0. The second-order valence-electron chi connectivity index (χ2n) is 8.91. The number of carbonyl (C=O) groups is 2. The highest BCUT2D eigenvalue weighted by atomic mass is 16.2. The molecule has 0 radical (unpaired) electrons. The number of piperidine rings is 1. The zero-order valence-electron chi connectivity index (χ0n) is 16.9. The van der Waals surface area contributed by atoms with Gasteiger partial charge in [-0.2, -0.15) is 5.10 Å². The number of H-pyrrole nitrogens is 2. The molecule has 4 heterocycles. The highest BCUT2D eigenvalue weighted by Crippen LogP contribution is 2.49. The van der Waals surface area contributed by atoms with Gasteiger partial charge in [0.05, 0.1) is 12.2 Å². The minimum Gasteiger partial charge on any atom is -0.351 e. The van der Waals surface area contributed by atoms with E-state index < -0.39 is 0 Å². The Morgan fingerprint density at radius 2 is 1.90 bits per heavy atom. The number of benzene rings is 1. The minimum absolute atomic E-state index is 0.0342. The number of nitrogens with zero attached hydrogens (tertiary/aromatic N) is 3. The van der Waals surface area contributed by atoms with Crippen molar-refractivity contribution in [2.24, 2.45) is 0 Å². The number of aromatic amines is 2. The van der Waals surface area contributed by atoms with Crippen LogP contribution in [0.4, 0.5) is 0 Å². The van der Waals surface area contributed by atoms with E-state index in [9.17, 15) is 9.59 Å². The fourth-order valence-electron chi connectivity index (χ4n) is 5.21. The van der Waals surface area contributed by atoms with E-state index in [1.807, 2.05) is 35.2 Å². The predicted molar refractivity (Wildman–Crippen MR) is 112 cm³/mol. The van der Waals surface area contributed by atoms with E-state index in [2.05, 4.69) is 20.1 Å². The summed E-state index contributed by atoms with van der Waals surface area (Å²) in [6.07, 6.45) is 6.27. The Kier molecular flexibility index (Phi) is 3.82. The summed E-state index contributed by atoms with van der Waals surface area (Å²) in [6, 6.07) is 9.79. The highest BCUT2D eigenvalue weighted by Gasteiger charge is 2.51. The average Bonchev–Trinajstić information content (AvgIpc) is 3.23. The van der Waals surface area contributed by atoms with Gasteiger partial charge in [0.2, 0.25) is 0 Å². The number of nitrogens with one attached hydrogen (secondary N) is 2. The lowest BCUT2D eigenvalue weighted by molar-refractivity contribution is 0.0561. The van der Waals surface area contributed by atoms with Crippen LogP contribution >= 0.6 is 0 Å². The Hall–Kier alpha value is -3.09. The first-order chi connectivity index (χ1) is 14.6. The fourth-order valence-corrected chi connectivity index (χ4v) is 5.21. The lowest BCUT2D eigenvalue weighted by atomic mass is 9.98. The molecule has 2 amide bonds. The molecule has 1 saturated carbocycles. The van der Waals surface area contributed by atoms with Crippen molar-refractivity contribution in [2.45, 2.75) is 50.6 Å². The van der Waals surface area contributed by atoms with Crippen LogP contribution < -0.4 is 0 Å². The van der Waals surface area contributed by atoms with E-state index in [1.54, 1.807) is 0 Å². The zero-order chi connectivity index (χ0) is 20.3. The van der Waals surface area contributed by atoms with E-state index >= 15 is 0 Å². The third-order valence-electron chi connectivity index (χ3n) is 7.10. The molecule has 3 aromatic rings. The van der Waals surface area contributed by atoms with Gasteiger partial charge in [0.15, 0.2) is 0 Å². The van der Waals surface area contributed by atoms with Crippen LogP contribution in [0.5, 0.6) is 0 Å². The number of fused-ring (bicyclic) bond motifs is 2. The van der Waals surface area contributed by atoms with Gasteiger partial charge in [-0.15, -0.1) is 0 Å². The van der Waals surface area contributed by atoms with Crippen LogP contribution in [-0.4, -0.2) is 55.4 Å². The molecule has 0 unspecified atom stereocenters. The zero-order valence-corrected chi connectivity index (χ0v) is 16.9. The SMILES string of the molecule is O=C(c1cc2ccccc2[nH]1)N1CCc2n[nH]c(C(=O)N3CCCCC34CC4)c2C1. The first kappa shape index (κ1) is 17.7. The smallest absolute Gasteiger partial charge is 0.272 e. The second kappa shape index (κ2) is 6.45. The minimum atomic E-state index is -0.0342. The molecule has 154 valence electrons. The summed E-state index contributed by atoms with van der Waals surface area (Å²) < 4.78 is 0. The summed E-state index contributed by atoms with van der Waals surface area (Å²) in [4.78, 5) is 33.7. The third kappa shape index (κ3) is 2.68. The van der Waals surface area contributed by atoms with Crippen LogP contribution in [0.2, 0.25) is 0 Å². The molecule has 2 fully saturated rings. The summed E-state index contributed by atoms with van der Waals surface area (Å²) in [6.45, 7) is 1.85. The fraction of sp³-hybridized carbons (Fsp3) is 0.435. The van der Waals surface area contributed by atoms with Gasteiger partial charge in [-0.1, -0.05) is 18.2 Å². The number of aromatic nitrogens is 3. The molecule has 6 rings (SSSR count). The molecule has 30 heavy (non-hydrogen) atoms. The van der Waals surface area contributed by atoms with E-state index in [1.165, 1.54) is 6.42 Å². The van der Waals surface area contributed by atoms with Crippen molar-refractivity contribution >= 4 is 22.7 Å². The number of amides is 2. The molecule has 7 nitrogen and oxygen atoms in total. The molecule has 2 N–H and O–H groups in total. The highest BCUT2D eigenvalue weighted by molar-refractivity contribution is 5.99. The lowest BCUT2D eigenvalue weighted by Crippen LogP contribution is -2.46. The van der Waals surface area contributed by atoms with Gasteiger partial charge >= 0.3 is 0 Å². The Labute approximate surface area is 174 Å². The van der Waals surface area contributed by atoms with Crippen molar-refractivity contribution in [1.29, 1.82) is 0 Å². The van der Waals surface area contributed by atoms with Gasteiger partial charge in [0.1, 0.15) is 11.4 Å². The number of hydrogen-bond donors (Lipinski definition) is 2. The van der Waals surface area contributed by atoms with Crippen molar-refractivity contribution in [3.8, 4) is 0 Å². The Morgan fingerprint density at radius 1 is 1.03 bits per heavy atom. The van der Waals surface area contributed by atoms with Gasteiger partial charge in [-0.3, -0.25) is 14.7 Å². The number of likely N-dealkylation sites (tertiary alicyclic amines) is 1. The van der Waals surface area contributed by atoms with Crippen molar-refractivity contribution in [3.05, 3.63) is 53.0 Å². The van der Waals surface area contributed by atoms with E-state index in [0.29, 0.717) is 30.9 Å². The van der Waals surface area contributed by atoms with Crippen molar-refractivity contribution in [1.82, 2.24) is 25.0 Å². The van der Waals surface area contributed by atoms with Gasteiger partial charge in [-0.05, 0) is 44.2 Å².